The van der Waals surface area contributed by atoms with Gasteiger partial charge in [-0.1, -0.05) is 42.5 Å². The highest BCUT2D eigenvalue weighted by atomic mass is 16.5. The van der Waals surface area contributed by atoms with Crippen LogP contribution >= 0.6 is 0 Å². The summed E-state index contributed by atoms with van der Waals surface area (Å²) in [6.45, 7) is 4.19. The molecule has 22 heavy (non-hydrogen) atoms. The Morgan fingerprint density at radius 1 is 1.05 bits per heavy atom. The number of hydrogen-bond acceptors (Lipinski definition) is 3. The largest absolute Gasteiger partial charge is 0.489 e. The van der Waals surface area contributed by atoms with Crippen LogP contribution in [0.4, 0.5) is 0 Å². The van der Waals surface area contributed by atoms with Gasteiger partial charge in [0.25, 0.3) is 0 Å². The molecule has 114 valence electrons. The average Bonchev–Trinajstić information content (AvgIpc) is 2.52. The minimum absolute atomic E-state index is 0.106. The van der Waals surface area contributed by atoms with E-state index in [-0.39, 0.29) is 12.1 Å². The minimum atomic E-state index is -0.334. The predicted molar refractivity (Wildman–Crippen MR) is 87.5 cm³/mol. The molecule has 0 spiro atoms. The molecule has 0 N–H and O–H groups in total. The maximum atomic E-state index is 11.4. The van der Waals surface area contributed by atoms with Crippen LogP contribution in [0.5, 0.6) is 5.75 Å². The molecule has 0 aliphatic rings. The Kier molecular flexibility index (Phi) is 5.78. The van der Waals surface area contributed by atoms with Crippen LogP contribution in [0.1, 0.15) is 25.0 Å². The molecule has 0 aliphatic carbocycles. The Bertz CT molecular complexity index is 613. The van der Waals surface area contributed by atoms with Gasteiger partial charge >= 0.3 is 5.97 Å². The lowest BCUT2D eigenvalue weighted by Gasteiger charge is -2.06. The molecule has 2 aromatic carbocycles. The lowest BCUT2D eigenvalue weighted by molar-refractivity contribution is -0.141. The van der Waals surface area contributed by atoms with E-state index in [0.29, 0.717) is 6.61 Å². The van der Waals surface area contributed by atoms with E-state index in [1.54, 1.807) is 6.08 Å². The van der Waals surface area contributed by atoms with Crippen LogP contribution in [0.2, 0.25) is 0 Å². The summed E-state index contributed by atoms with van der Waals surface area (Å²) in [5.74, 6) is 0.463. The third kappa shape index (κ3) is 5.44. The third-order valence-corrected chi connectivity index (χ3v) is 2.89. The van der Waals surface area contributed by atoms with E-state index in [9.17, 15) is 4.79 Å². The van der Waals surface area contributed by atoms with Crippen molar-refractivity contribution in [2.75, 3.05) is 0 Å². The topological polar surface area (TPSA) is 35.5 Å². The molecule has 2 rings (SSSR count). The molecule has 0 atom stereocenters. The second kappa shape index (κ2) is 8.03. The molecule has 0 saturated heterocycles. The fourth-order valence-electron chi connectivity index (χ4n) is 1.85. The number of esters is 1. The van der Waals surface area contributed by atoms with Crippen molar-refractivity contribution in [3.8, 4) is 5.75 Å². The van der Waals surface area contributed by atoms with Crippen molar-refractivity contribution in [3.63, 3.8) is 0 Å². The molecule has 3 heteroatoms. The second-order valence-electron chi connectivity index (χ2n) is 5.16. The van der Waals surface area contributed by atoms with Crippen molar-refractivity contribution >= 4 is 12.0 Å². The van der Waals surface area contributed by atoms with Gasteiger partial charge in [0.05, 0.1) is 6.10 Å². The van der Waals surface area contributed by atoms with Gasteiger partial charge in [-0.15, -0.1) is 0 Å². The molecule has 0 aliphatic heterocycles. The molecule has 0 saturated carbocycles. The normalized spacial score (nSPS) is 10.9. The summed E-state index contributed by atoms with van der Waals surface area (Å²) < 4.78 is 10.7. The highest BCUT2D eigenvalue weighted by Crippen LogP contribution is 2.15. The van der Waals surface area contributed by atoms with Gasteiger partial charge in [0.1, 0.15) is 12.4 Å². The summed E-state index contributed by atoms with van der Waals surface area (Å²) in [7, 11) is 0. The monoisotopic (exact) mass is 296 g/mol. The molecule has 2 aromatic rings. The predicted octanol–water partition coefficient (Wildman–Crippen LogP) is 4.23. The summed E-state index contributed by atoms with van der Waals surface area (Å²) in [5, 5.41) is 0. The Hall–Kier alpha value is -2.55. The van der Waals surface area contributed by atoms with Crippen molar-refractivity contribution in [1.82, 2.24) is 0 Å². The average molecular weight is 296 g/mol. The van der Waals surface area contributed by atoms with Crippen LogP contribution in [0, 0.1) is 0 Å². The Morgan fingerprint density at radius 3 is 2.36 bits per heavy atom. The standard InChI is InChI=1S/C19H20O3/c1-15(2)22-19(20)13-10-16-8-11-18(12-9-16)21-14-17-6-4-3-5-7-17/h3-13,15H,14H2,1-2H3. The molecule has 3 nitrogen and oxygen atoms in total. The van der Waals surface area contributed by atoms with Crippen LogP contribution < -0.4 is 4.74 Å². The SMILES string of the molecule is CC(C)OC(=O)C=Cc1ccc(OCc2ccccc2)cc1. The molecule has 0 radical (unpaired) electrons. The van der Waals surface area contributed by atoms with Gasteiger partial charge in [-0.25, -0.2) is 4.79 Å². The van der Waals surface area contributed by atoms with E-state index >= 15 is 0 Å². The highest BCUT2D eigenvalue weighted by molar-refractivity contribution is 5.87. The van der Waals surface area contributed by atoms with Gasteiger partial charge in [0, 0.05) is 6.08 Å². The van der Waals surface area contributed by atoms with E-state index in [1.807, 2.05) is 68.4 Å². The Labute approximate surface area is 131 Å². The van der Waals surface area contributed by atoms with Crippen molar-refractivity contribution in [1.29, 1.82) is 0 Å². The number of ether oxygens (including phenoxy) is 2. The van der Waals surface area contributed by atoms with Gasteiger partial charge in [-0.2, -0.15) is 0 Å². The van der Waals surface area contributed by atoms with Crippen molar-refractivity contribution in [2.45, 2.75) is 26.6 Å². The first-order valence-electron chi connectivity index (χ1n) is 7.29. The second-order valence-corrected chi connectivity index (χ2v) is 5.16. The third-order valence-electron chi connectivity index (χ3n) is 2.89. The first-order valence-corrected chi connectivity index (χ1v) is 7.29. The van der Waals surface area contributed by atoms with E-state index in [1.165, 1.54) is 6.08 Å². The minimum Gasteiger partial charge on any atom is -0.489 e. The number of benzene rings is 2. The van der Waals surface area contributed by atoms with Crippen LogP contribution in [-0.4, -0.2) is 12.1 Å². The smallest absolute Gasteiger partial charge is 0.331 e. The molecule has 0 heterocycles. The van der Waals surface area contributed by atoms with Gasteiger partial charge in [-0.3, -0.25) is 0 Å². The first-order chi connectivity index (χ1) is 10.6. The fraction of sp³-hybridized carbons (Fsp3) is 0.211. The van der Waals surface area contributed by atoms with Crippen LogP contribution in [0.15, 0.2) is 60.7 Å². The van der Waals surface area contributed by atoms with Crippen LogP contribution in [-0.2, 0) is 16.1 Å². The molecule has 0 unspecified atom stereocenters. The summed E-state index contributed by atoms with van der Waals surface area (Å²) in [6.07, 6.45) is 3.05. The van der Waals surface area contributed by atoms with Gasteiger partial charge < -0.3 is 9.47 Å². The van der Waals surface area contributed by atoms with Gasteiger partial charge in [0.15, 0.2) is 0 Å². The maximum absolute atomic E-state index is 11.4. The first kappa shape index (κ1) is 15.8. The summed E-state index contributed by atoms with van der Waals surface area (Å²) in [5.41, 5.74) is 2.05. The summed E-state index contributed by atoms with van der Waals surface area (Å²) in [6, 6.07) is 17.6. The lowest BCUT2D eigenvalue weighted by Crippen LogP contribution is -2.08. The fourth-order valence-corrected chi connectivity index (χ4v) is 1.85. The van der Waals surface area contributed by atoms with Crippen LogP contribution in [0.25, 0.3) is 6.08 Å². The number of rotatable bonds is 6. The molecular weight excluding hydrogens is 276 g/mol. The zero-order valence-electron chi connectivity index (χ0n) is 12.9. The summed E-state index contributed by atoms with van der Waals surface area (Å²) in [4.78, 5) is 11.4. The van der Waals surface area contributed by atoms with E-state index in [4.69, 9.17) is 9.47 Å². The summed E-state index contributed by atoms with van der Waals surface area (Å²) >= 11 is 0. The van der Waals surface area contributed by atoms with E-state index in [2.05, 4.69) is 0 Å². The maximum Gasteiger partial charge on any atom is 0.331 e. The molecular formula is C19H20O3. The molecule has 0 fully saturated rings. The Morgan fingerprint density at radius 2 is 1.73 bits per heavy atom. The van der Waals surface area contributed by atoms with Gasteiger partial charge in [0.2, 0.25) is 0 Å². The van der Waals surface area contributed by atoms with Crippen molar-refractivity contribution < 1.29 is 14.3 Å². The number of carbonyl (C=O) groups excluding carboxylic acids is 1. The quantitative estimate of drug-likeness (QED) is 0.591. The van der Waals surface area contributed by atoms with Crippen LogP contribution in [0.3, 0.4) is 0 Å². The zero-order chi connectivity index (χ0) is 15.8. The van der Waals surface area contributed by atoms with Gasteiger partial charge in [-0.05, 0) is 43.2 Å². The van der Waals surface area contributed by atoms with E-state index in [0.717, 1.165) is 16.9 Å². The number of hydrogen-bond donors (Lipinski definition) is 0. The van der Waals surface area contributed by atoms with E-state index < -0.39 is 0 Å². The molecule has 0 bridgehead atoms. The Balaban J connectivity index is 1.87. The zero-order valence-corrected chi connectivity index (χ0v) is 12.9. The number of carbonyl (C=O) groups is 1. The van der Waals surface area contributed by atoms with Crippen molar-refractivity contribution in [3.05, 3.63) is 71.8 Å². The lowest BCUT2D eigenvalue weighted by atomic mass is 10.2. The molecule has 0 amide bonds. The van der Waals surface area contributed by atoms with Crippen molar-refractivity contribution in [2.24, 2.45) is 0 Å². The molecule has 0 aromatic heterocycles. The highest BCUT2D eigenvalue weighted by Gasteiger charge is 2.00.